The zero-order valence-electron chi connectivity index (χ0n) is 16.0. The first kappa shape index (κ1) is 20.7. The quantitative estimate of drug-likeness (QED) is 0.446. The van der Waals surface area contributed by atoms with Gasteiger partial charge in [-0.1, -0.05) is 30.3 Å². The minimum Gasteiger partial charge on any atom is -0.489 e. The lowest BCUT2D eigenvalue weighted by molar-refractivity contribution is -0.120. The van der Waals surface area contributed by atoms with Crippen LogP contribution in [0.4, 0.5) is 4.39 Å². The summed E-state index contributed by atoms with van der Waals surface area (Å²) in [5.74, 6) is -0.664. The number of nitrogens with zero attached hydrogens (tertiary/aromatic N) is 1. The molecule has 0 aliphatic heterocycles. The Morgan fingerprint density at radius 1 is 0.933 bits per heavy atom. The van der Waals surface area contributed by atoms with Crippen molar-refractivity contribution in [1.29, 1.82) is 0 Å². The number of rotatable bonds is 8. The van der Waals surface area contributed by atoms with Crippen molar-refractivity contribution in [2.24, 2.45) is 5.10 Å². The van der Waals surface area contributed by atoms with Gasteiger partial charge in [-0.3, -0.25) is 9.59 Å². The van der Waals surface area contributed by atoms with Crippen molar-refractivity contribution in [1.82, 2.24) is 10.7 Å². The first-order valence-corrected chi connectivity index (χ1v) is 9.22. The van der Waals surface area contributed by atoms with Gasteiger partial charge in [-0.2, -0.15) is 5.10 Å². The average molecular weight is 405 g/mol. The van der Waals surface area contributed by atoms with E-state index in [-0.39, 0.29) is 12.1 Å². The number of ether oxygens (including phenoxy) is 1. The fraction of sp³-hybridized carbons (Fsp3) is 0.0870. The number of amides is 2. The molecule has 2 amide bonds. The molecule has 3 aromatic carbocycles. The molecule has 7 heteroatoms. The first-order chi connectivity index (χ1) is 14.6. The predicted octanol–water partition coefficient (Wildman–Crippen LogP) is 3.28. The zero-order chi connectivity index (χ0) is 21.2. The Balaban J connectivity index is 1.40. The fourth-order valence-electron chi connectivity index (χ4n) is 2.47. The number of benzene rings is 3. The maximum atomic E-state index is 12.9. The van der Waals surface area contributed by atoms with Crippen LogP contribution in [0.2, 0.25) is 0 Å². The number of hydrogen-bond acceptors (Lipinski definition) is 4. The Bertz CT molecular complexity index is 1000. The number of halogens is 1. The molecule has 0 aromatic heterocycles. The van der Waals surface area contributed by atoms with Gasteiger partial charge in [0.05, 0.1) is 12.8 Å². The van der Waals surface area contributed by atoms with E-state index in [1.807, 2.05) is 54.6 Å². The number of nitrogens with one attached hydrogen (secondary N) is 2. The smallest absolute Gasteiger partial charge is 0.259 e. The molecular weight excluding hydrogens is 385 g/mol. The lowest BCUT2D eigenvalue weighted by atomic mass is 10.2. The molecule has 2 N–H and O–H groups in total. The molecular formula is C23H20FN3O3. The molecule has 30 heavy (non-hydrogen) atoms. The largest absolute Gasteiger partial charge is 0.489 e. The zero-order valence-corrected chi connectivity index (χ0v) is 16.0. The summed E-state index contributed by atoms with van der Waals surface area (Å²) in [5, 5.41) is 6.30. The van der Waals surface area contributed by atoms with Gasteiger partial charge in [0, 0.05) is 5.56 Å². The SMILES string of the molecule is O=C(CNC(=O)c1ccc(F)cc1)N/N=C/c1ccc(OCc2ccccc2)cc1. The van der Waals surface area contributed by atoms with E-state index < -0.39 is 17.6 Å². The van der Waals surface area contributed by atoms with Crippen LogP contribution in [0.25, 0.3) is 0 Å². The predicted molar refractivity (Wildman–Crippen MR) is 112 cm³/mol. The summed E-state index contributed by atoms with van der Waals surface area (Å²) in [6.45, 7) is 0.230. The van der Waals surface area contributed by atoms with Crippen molar-refractivity contribution < 1.29 is 18.7 Å². The van der Waals surface area contributed by atoms with E-state index >= 15 is 0 Å². The van der Waals surface area contributed by atoms with Crippen molar-refractivity contribution >= 4 is 18.0 Å². The molecule has 6 nitrogen and oxygen atoms in total. The molecule has 0 aliphatic carbocycles. The molecule has 0 spiro atoms. The van der Waals surface area contributed by atoms with Crippen LogP contribution in [-0.2, 0) is 11.4 Å². The van der Waals surface area contributed by atoms with Gasteiger partial charge in [0.2, 0.25) is 0 Å². The highest BCUT2D eigenvalue weighted by atomic mass is 19.1. The molecule has 3 rings (SSSR count). The molecule has 0 saturated heterocycles. The molecule has 0 unspecified atom stereocenters. The highest BCUT2D eigenvalue weighted by molar-refractivity contribution is 5.96. The molecule has 0 radical (unpaired) electrons. The Labute approximate surface area is 173 Å². The lowest BCUT2D eigenvalue weighted by Crippen LogP contribution is -2.34. The topological polar surface area (TPSA) is 79.8 Å². The van der Waals surface area contributed by atoms with E-state index in [0.29, 0.717) is 6.61 Å². The Morgan fingerprint density at radius 3 is 2.33 bits per heavy atom. The van der Waals surface area contributed by atoms with Gasteiger partial charge in [-0.25, -0.2) is 9.82 Å². The third kappa shape index (κ3) is 6.56. The molecule has 0 heterocycles. The summed E-state index contributed by atoms with van der Waals surface area (Å²) < 4.78 is 18.6. The standard InChI is InChI=1S/C23H20FN3O3/c24-20-10-8-19(9-11-20)23(29)25-15-22(28)27-26-14-17-6-12-21(13-7-17)30-16-18-4-2-1-3-5-18/h1-14H,15-16H2,(H,25,29)(H,27,28)/b26-14+. The molecule has 0 fully saturated rings. The molecule has 0 atom stereocenters. The van der Waals surface area contributed by atoms with Gasteiger partial charge >= 0.3 is 0 Å². The van der Waals surface area contributed by atoms with Gasteiger partial charge in [-0.15, -0.1) is 0 Å². The summed E-state index contributed by atoms with van der Waals surface area (Å²) in [5.41, 5.74) is 4.46. The highest BCUT2D eigenvalue weighted by Crippen LogP contribution is 2.13. The average Bonchev–Trinajstić information content (AvgIpc) is 2.78. The van der Waals surface area contributed by atoms with Crippen molar-refractivity contribution in [2.75, 3.05) is 6.54 Å². The fourth-order valence-corrected chi connectivity index (χ4v) is 2.47. The van der Waals surface area contributed by atoms with Crippen molar-refractivity contribution in [3.05, 3.63) is 101 Å². The summed E-state index contributed by atoms with van der Waals surface area (Å²) in [6.07, 6.45) is 1.49. The van der Waals surface area contributed by atoms with Crippen molar-refractivity contribution in [3.63, 3.8) is 0 Å². The van der Waals surface area contributed by atoms with Crippen LogP contribution >= 0.6 is 0 Å². The minimum atomic E-state index is -0.482. The van der Waals surface area contributed by atoms with E-state index in [1.165, 1.54) is 30.5 Å². The Morgan fingerprint density at radius 2 is 1.63 bits per heavy atom. The van der Waals surface area contributed by atoms with E-state index in [1.54, 1.807) is 0 Å². The van der Waals surface area contributed by atoms with Crippen molar-refractivity contribution in [3.8, 4) is 5.75 Å². The summed E-state index contributed by atoms with van der Waals surface area (Å²) in [4.78, 5) is 23.6. The minimum absolute atomic E-state index is 0.250. The summed E-state index contributed by atoms with van der Waals surface area (Å²) >= 11 is 0. The van der Waals surface area contributed by atoms with Gasteiger partial charge in [0.25, 0.3) is 11.8 Å². The third-order valence-corrected chi connectivity index (χ3v) is 4.05. The second kappa shape index (κ2) is 10.5. The van der Waals surface area contributed by atoms with E-state index in [4.69, 9.17) is 4.74 Å². The maximum absolute atomic E-state index is 12.9. The van der Waals surface area contributed by atoms with Crippen LogP contribution in [-0.4, -0.2) is 24.6 Å². The van der Waals surface area contributed by atoms with E-state index in [0.717, 1.165) is 16.9 Å². The second-order valence-corrected chi connectivity index (χ2v) is 6.33. The normalized spacial score (nSPS) is 10.6. The monoisotopic (exact) mass is 405 g/mol. The van der Waals surface area contributed by atoms with Crippen LogP contribution in [0.15, 0.2) is 84.0 Å². The van der Waals surface area contributed by atoms with E-state index in [2.05, 4.69) is 15.8 Å². The van der Waals surface area contributed by atoms with Crippen molar-refractivity contribution in [2.45, 2.75) is 6.61 Å². The van der Waals surface area contributed by atoms with Crippen LogP contribution < -0.4 is 15.5 Å². The Kier molecular flexibility index (Phi) is 7.27. The molecule has 3 aromatic rings. The summed E-state index contributed by atoms with van der Waals surface area (Å²) in [7, 11) is 0. The van der Waals surface area contributed by atoms with Gasteiger partial charge in [0.15, 0.2) is 0 Å². The van der Waals surface area contributed by atoms with Gasteiger partial charge in [0.1, 0.15) is 18.2 Å². The molecule has 0 aliphatic rings. The number of hydrogen-bond donors (Lipinski definition) is 2. The Hall–Kier alpha value is -4.00. The molecule has 0 saturated carbocycles. The van der Waals surface area contributed by atoms with Crippen LogP contribution in [0.3, 0.4) is 0 Å². The van der Waals surface area contributed by atoms with Crippen LogP contribution in [0.1, 0.15) is 21.5 Å². The summed E-state index contributed by atoms with van der Waals surface area (Å²) in [6, 6.07) is 22.1. The van der Waals surface area contributed by atoms with Crippen LogP contribution in [0.5, 0.6) is 5.75 Å². The van der Waals surface area contributed by atoms with Gasteiger partial charge in [-0.05, 0) is 59.7 Å². The van der Waals surface area contributed by atoms with Gasteiger partial charge < -0.3 is 10.1 Å². The molecule has 152 valence electrons. The second-order valence-electron chi connectivity index (χ2n) is 6.33. The maximum Gasteiger partial charge on any atom is 0.259 e. The van der Waals surface area contributed by atoms with E-state index in [9.17, 15) is 14.0 Å². The number of carbonyl (C=O) groups is 2. The number of hydrazone groups is 1. The molecule has 0 bridgehead atoms. The first-order valence-electron chi connectivity index (χ1n) is 9.22. The number of carbonyl (C=O) groups excluding carboxylic acids is 2. The third-order valence-electron chi connectivity index (χ3n) is 4.05. The highest BCUT2D eigenvalue weighted by Gasteiger charge is 2.07. The van der Waals surface area contributed by atoms with Crippen LogP contribution in [0, 0.1) is 5.82 Å². The lowest BCUT2D eigenvalue weighted by Gasteiger charge is -2.06.